The molecular formula is C18H19BrN2O3. The van der Waals surface area contributed by atoms with E-state index in [-0.39, 0.29) is 18.2 Å². The highest BCUT2D eigenvalue weighted by molar-refractivity contribution is 9.10. The van der Waals surface area contributed by atoms with Crippen LogP contribution in [0.5, 0.6) is 5.75 Å². The van der Waals surface area contributed by atoms with Gasteiger partial charge in [-0.25, -0.2) is 0 Å². The van der Waals surface area contributed by atoms with Crippen molar-refractivity contribution in [3.63, 3.8) is 0 Å². The number of nitrogens with one attached hydrogen (secondary N) is 1. The summed E-state index contributed by atoms with van der Waals surface area (Å²) in [5, 5.41) is 2.82. The Morgan fingerprint density at radius 2 is 1.71 bits per heavy atom. The Hall–Kier alpha value is -2.34. The topological polar surface area (TPSA) is 58.6 Å². The van der Waals surface area contributed by atoms with Crippen LogP contribution in [0.15, 0.2) is 53.0 Å². The molecule has 0 saturated heterocycles. The van der Waals surface area contributed by atoms with Crippen molar-refractivity contribution in [3.8, 4) is 5.75 Å². The fourth-order valence-electron chi connectivity index (χ4n) is 2.20. The van der Waals surface area contributed by atoms with E-state index in [1.165, 1.54) is 6.92 Å². The van der Waals surface area contributed by atoms with Gasteiger partial charge in [-0.15, -0.1) is 0 Å². The maximum Gasteiger partial charge on any atom is 0.226 e. The molecule has 0 unspecified atom stereocenters. The standard InChI is InChI=1S/C18H19BrN2O3/c1-13(22)21(16-7-9-17(24-2)10-8-16)12-11-18(23)20-15-5-3-14(19)4-6-15/h3-10H,11-12H2,1-2H3,(H,20,23). The summed E-state index contributed by atoms with van der Waals surface area (Å²) in [6, 6.07) is 14.5. The minimum Gasteiger partial charge on any atom is -0.497 e. The molecule has 0 aromatic heterocycles. The lowest BCUT2D eigenvalue weighted by Crippen LogP contribution is -2.31. The summed E-state index contributed by atoms with van der Waals surface area (Å²) in [4.78, 5) is 25.5. The van der Waals surface area contributed by atoms with Crippen LogP contribution in [0.3, 0.4) is 0 Å². The molecule has 2 aromatic rings. The number of rotatable bonds is 6. The van der Waals surface area contributed by atoms with E-state index in [4.69, 9.17) is 4.74 Å². The molecule has 0 aliphatic carbocycles. The molecule has 126 valence electrons. The molecule has 1 N–H and O–H groups in total. The van der Waals surface area contributed by atoms with E-state index < -0.39 is 0 Å². The number of carbonyl (C=O) groups excluding carboxylic acids is 2. The number of ether oxygens (including phenoxy) is 1. The van der Waals surface area contributed by atoms with Gasteiger partial charge in [-0.2, -0.15) is 0 Å². The Balaban J connectivity index is 1.96. The van der Waals surface area contributed by atoms with Crippen molar-refractivity contribution in [2.24, 2.45) is 0 Å². The van der Waals surface area contributed by atoms with Gasteiger partial charge in [0, 0.05) is 35.7 Å². The summed E-state index contributed by atoms with van der Waals surface area (Å²) < 4.78 is 6.06. The van der Waals surface area contributed by atoms with E-state index in [2.05, 4.69) is 21.2 Å². The van der Waals surface area contributed by atoms with E-state index in [0.29, 0.717) is 6.54 Å². The quantitative estimate of drug-likeness (QED) is 0.814. The van der Waals surface area contributed by atoms with Crippen molar-refractivity contribution in [1.82, 2.24) is 0 Å². The number of hydrogen-bond acceptors (Lipinski definition) is 3. The summed E-state index contributed by atoms with van der Waals surface area (Å²) in [7, 11) is 1.59. The minimum absolute atomic E-state index is 0.114. The fraction of sp³-hybridized carbons (Fsp3) is 0.222. The van der Waals surface area contributed by atoms with Crippen molar-refractivity contribution >= 4 is 39.1 Å². The molecule has 5 nitrogen and oxygen atoms in total. The van der Waals surface area contributed by atoms with E-state index in [1.807, 2.05) is 24.3 Å². The summed E-state index contributed by atoms with van der Waals surface area (Å²) >= 11 is 3.35. The van der Waals surface area contributed by atoms with Crippen LogP contribution in [0.2, 0.25) is 0 Å². The Morgan fingerprint density at radius 1 is 1.08 bits per heavy atom. The monoisotopic (exact) mass is 390 g/mol. The van der Waals surface area contributed by atoms with Gasteiger partial charge in [0.2, 0.25) is 11.8 Å². The van der Waals surface area contributed by atoms with Crippen molar-refractivity contribution in [2.75, 3.05) is 23.9 Å². The van der Waals surface area contributed by atoms with Crippen LogP contribution in [0.4, 0.5) is 11.4 Å². The zero-order chi connectivity index (χ0) is 17.5. The van der Waals surface area contributed by atoms with Crippen molar-refractivity contribution in [3.05, 3.63) is 53.0 Å². The molecule has 0 bridgehead atoms. The third-order valence-electron chi connectivity index (χ3n) is 3.45. The lowest BCUT2D eigenvalue weighted by molar-refractivity contribution is -0.117. The molecule has 0 saturated carbocycles. The normalized spacial score (nSPS) is 10.1. The Bertz CT molecular complexity index is 699. The number of benzene rings is 2. The smallest absolute Gasteiger partial charge is 0.226 e. The van der Waals surface area contributed by atoms with Crippen LogP contribution in [-0.2, 0) is 9.59 Å². The van der Waals surface area contributed by atoms with Crippen LogP contribution < -0.4 is 15.0 Å². The second kappa shape index (κ2) is 8.49. The van der Waals surface area contributed by atoms with Gasteiger partial charge in [0.25, 0.3) is 0 Å². The first kappa shape index (κ1) is 18.0. The fourth-order valence-corrected chi connectivity index (χ4v) is 2.46. The zero-order valence-electron chi connectivity index (χ0n) is 13.6. The first-order chi connectivity index (χ1) is 11.5. The maximum absolute atomic E-state index is 12.1. The molecule has 0 heterocycles. The van der Waals surface area contributed by atoms with E-state index in [0.717, 1.165) is 21.6 Å². The molecular weight excluding hydrogens is 372 g/mol. The van der Waals surface area contributed by atoms with Gasteiger partial charge in [0.15, 0.2) is 0 Å². The second-order valence-corrected chi connectivity index (χ2v) is 6.09. The third-order valence-corrected chi connectivity index (χ3v) is 3.98. The summed E-state index contributed by atoms with van der Waals surface area (Å²) in [5.74, 6) is 0.462. The summed E-state index contributed by atoms with van der Waals surface area (Å²) in [6.07, 6.45) is 0.210. The van der Waals surface area contributed by atoms with Gasteiger partial charge >= 0.3 is 0 Å². The minimum atomic E-state index is -0.142. The highest BCUT2D eigenvalue weighted by Gasteiger charge is 2.13. The Morgan fingerprint density at radius 3 is 2.25 bits per heavy atom. The lowest BCUT2D eigenvalue weighted by Gasteiger charge is -2.21. The largest absolute Gasteiger partial charge is 0.497 e. The molecule has 0 radical (unpaired) electrons. The number of anilines is 2. The van der Waals surface area contributed by atoms with Gasteiger partial charge in [-0.05, 0) is 48.5 Å². The van der Waals surface area contributed by atoms with Crippen molar-refractivity contribution in [2.45, 2.75) is 13.3 Å². The third kappa shape index (κ3) is 5.09. The number of hydrogen-bond donors (Lipinski definition) is 1. The number of halogens is 1. The molecule has 0 aliphatic rings. The molecule has 0 aliphatic heterocycles. The Labute approximate surface area is 149 Å². The maximum atomic E-state index is 12.1. The van der Waals surface area contributed by atoms with E-state index in [9.17, 15) is 9.59 Å². The van der Waals surface area contributed by atoms with E-state index >= 15 is 0 Å². The van der Waals surface area contributed by atoms with Crippen LogP contribution in [-0.4, -0.2) is 25.5 Å². The van der Waals surface area contributed by atoms with Gasteiger partial charge in [0.1, 0.15) is 5.75 Å². The molecule has 2 rings (SSSR count). The van der Waals surface area contributed by atoms with Gasteiger partial charge < -0.3 is 15.0 Å². The molecule has 0 spiro atoms. The van der Waals surface area contributed by atoms with Crippen LogP contribution in [0.25, 0.3) is 0 Å². The number of carbonyl (C=O) groups is 2. The summed E-state index contributed by atoms with van der Waals surface area (Å²) in [6.45, 7) is 1.79. The summed E-state index contributed by atoms with van der Waals surface area (Å²) in [5.41, 5.74) is 1.46. The molecule has 0 fully saturated rings. The number of nitrogens with zero attached hydrogens (tertiary/aromatic N) is 1. The number of amides is 2. The first-order valence-electron chi connectivity index (χ1n) is 7.47. The predicted molar refractivity (Wildman–Crippen MR) is 98.4 cm³/mol. The van der Waals surface area contributed by atoms with Crippen LogP contribution in [0.1, 0.15) is 13.3 Å². The molecule has 2 aromatic carbocycles. The molecule has 24 heavy (non-hydrogen) atoms. The van der Waals surface area contributed by atoms with Gasteiger partial charge in [-0.3, -0.25) is 9.59 Å². The highest BCUT2D eigenvalue weighted by Crippen LogP contribution is 2.20. The Kier molecular flexibility index (Phi) is 6.37. The van der Waals surface area contributed by atoms with E-state index in [1.54, 1.807) is 36.3 Å². The average Bonchev–Trinajstić information content (AvgIpc) is 2.57. The zero-order valence-corrected chi connectivity index (χ0v) is 15.2. The number of methoxy groups -OCH3 is 1. The average molecular weight is 391 g/mol. The van der Waals surface area contributed by atoms with Crippen molar-refractivity contribution in [1.29, 1.82) is 0 Å². The molecule has 6 heteroatoms. The predicted octanol–water partition coefficient (Wildman–Crippen LogP) is 3.84. The van der Waals surface area contributed by atoms with Gasteiger partial charge in [-0.1, -0.05) is 15.9 Å². The SMILES string of the molecule is COc1ccc(N(CCC(=O)Nc2ccc(Br)cc2)C(C)=O)cc1. The van der Waals surface area contributed by atoms with Crippen molar-refractivity contribution < 1.29 is 14.3 Å². The molecule has 0 atom stereocenters. The highest BCUT2D eigenvalue weighted by atomic mass is 79.9. The van der Waals surface area contributed by atoms with Crippen LogP contribution in [0, 0.1) is 0 Å². The van der Waals surface area contributed by atoms with Gasteiger partial charge in [0.05, 0.1) is 7.11 Å². The first-order valence-corrected chi connectivity index (χ1v) is 8.26. The lowest BCUT2D eigenvalue weighted by atomic mass is 10.2. The molecule has 2 amide bonds. The second-order valence-electron chi connectivity index (χ2n) is 5.17. The van der Waals surface area contributed by atoms with Crippen LogP contribution >= 0.6 is 15.9 Å².